The summed E-state index contributed by atoms with van der Waals surface area (Å²) < 4.78 is 0. The van der Waals surface area contributed by atoms with Crippen molar-refractivity contribution in [3.63, 3.8) is 0 Å². The second-order valence-corrected chi connectivity index (χ2v) is 4.65. The predicted molar refractivity (Wildman–Crippen MR) is 81.2 cm³/mol. The van der Waals surface area contributed by atoms with Crippen molar-refractivity contribution in [1.82, 2.24) is 5.48 Å². The molecule has 0 bridgehead atoms. The minimum absolute atomic E-state index is 0.0495. The first-order chi connectivity index (χ1) is 10.6. The summed E-state index contributed by atoms with van der Waals surface area (Å²) in [6.45, 7) is 0.616. The van der Waals surface area contributed by atoms with Gasteiger partial charge in [-0.05, 0) is 12.1 Å². The van der Waals surface area contributed by atoms with E-state index in [1.807, 2.05) is 0 Å². The Morgan fingerprint density at radius 1 is 1.05 bits per heavy atom. The van der Waals surface area contributed by atoms with E-state index >= 15 is 0 Å². The number of nitrogens with one attached hydrogen (secondary N) is 1. The third-order valence-electron chi connectivity index (χ3n) is 3.15. The summed E-state index contributed by atoms with van der Waals surface area (Å²) in [5, 5.41) is 20.0. The maximum absolute atomic E-state index is 12.4. The molecule has 22 heavy (non-hydrogen) atoms. The highest BCUT2D eigenvalue weighted by Crippen LogP contribution is 2.36. The van der Waals surface area contributed by atoms with E-state index in [9.17, 15) is 15.0 Å². The van der Waals surface area contributed by atoms with Crippen LogP contribution < -0.4 is 11.2 Å². The van der Waals surface area contributed by atoms with Crippen molar-refractivity contribution in [2.45, 2.75) is 5.92 Å². The van der Waals surface area contributed by atoms with Crippen LogP contribution in [0.15, 0.2) is 48.5 Å². The van der Waals surface area contributed by atoms with E-state index in [0.29, 0.717) is 24.2 Å². The lowest BCUT2D eigenvalue weighted by Gasteiger charge is -2.18. The summed E-state index contributed by atoms with van der Waals surface area (Å²) in [6.07, 6.45) is 0. The topological polar surface area (TPSA) is 105 Å². The Morgan fingerprint density at radius 2 is 1.55 bits per heavy atom. The van der Waals surface area contributed by atoms with E-state index in [-0.39, 0.29) is 11.5 Å². The molecule has 0 aliphatic carbocycles. The molecule has 0 spiro atoms. The summed E-state index contributed by atoms with van der Waals surface area (Å²) >= 11 is 0. The molecule has 5 N–H and O–H groups in total. The van der Waals surface area contributed by atoms with Gasteiger partial charge in [-0.25, -0.2) is 4.79 Å². The number of carbonyl (C=O) groups excluding carboxylic acids is 1. The molecule has 0 aromatic heterocycles. The molecule has 6 heteroatoms. The largest absolute Gasteiger partial charge is 0.508 e. The van der Waals surface area contributed by atoms with Gasteiger partial charge in [0, 0.05) is 24.2 Å². The van der Waals surface area contributed by atoms with E-state index in [2.05, 4.69) is 5.48 Å². The summed E-state index contributed by atoms with van der Waals surface area (Å²) in [6, 6.07) is 12.9. The van der Waals surface area contributed by atoms with Crippen LogP contribution in [-0.4, -0.2) is 29.3 Å². The Labute approximate surface area is 128 Å². The Kier molecular flexibility index (Phi) is 5.35. The van der Waals surface area contributed by atoms with Crippen LogP contribution in [0.5, 0.6) is 11.5 Å². The zero-order chi connectivity index (χ0) is 15.9. The molecule has 2 aromatic carbocycles. The number of hydrogen-bond donors (Lipinski definition) is 4. The van der Waals surface area contributed by atoms with Crippen LogP contribution in [0.1, 0.15) is 17.0 Å². The molecule has 6 nitrogen and oxygen atoms in total. The number of phenolic OH excluding ortho intramolecular Hbond substituents is 2. The third-order valence-corrected chi connectivity index (χ3v) is 3.15. The number of para-hydroxylation sites is 2. The predicted octanol–water partition coefficient (Wildman–Crippen LogP) is 1.24. The highest BCUT2D eigenvalue weighted by Gasteiger charge is 2.29. The molecule has 0 aliphatic rings. The van der Waals surface area contributed by atoms with Gasteiger partial charge in [-0.3, -0.25) is 0 Å². The van der Waals surface area contributed by atoms with E-state index in [0.717, 1.165) is 0 Å². The number of nitrogens with two attached hydrogens (primary N) is 1. The van der Waals surface area contributed by atoms with Gasteiger partial charge in [0.1, 0.15) is 17.4 Å². The fourth-order valence-electron chi connectivity index (χ4n) is 2.12. The van der Waals surface area contributed by atoms with Crippen LogP contribution in [0.4, 0.5) is 0 Å². The fraction of sp³-hybridized carbons (Fsp3) is 0.188. The van der Waals surface area contributed by atoms with Gasteiger partial charge in [-0.1, -0.05) is 36.4 Å². The number of benzene rings is 2. The molecule has 0 unspecified atom stereocenters. The smallest absolute Gasteiger partial charge is 0.336 e. The van der Waals surface area contributed by atoms with Crippen molar-refractivity contribution >= 4 is 5.97 Å². The van der Waals surface area contributed by atoms with Gasteiger partial charge < -0.3 is 20.8 Å². The van der Waals surface area contributed by atoms with Crippen LogP contribution in [0.25, 0.3) is 0 Å². The molecular weight excluding hydrogens is 284 g/mol. The number of hydroxylamine groups is 1. The van der Waals surface area contributed by atoms with Crippen LogP contribution in [-0.2, 0) is 9.63 Å². The van der Waals surface area contributed by atoms with Crippen molar-refractivity contribution in [3.8, 4) is 11.5 Å². The van der Waals surface area contributed by atoms with Crippen molar-refractivity contribution in [2.24, 2.45) is 5.73 Å². The van der Waals surface area contributed by atoms with Crippen molar-refractivity contribution in [3.05, 3.63) is 59.7 Å². The number of rotatable bonds is 6. The average Bonchev–Trinajstić information content (AvgIpc) is 2.51. The zero-order valence-corrected chi connectivity index (χ0v) is 11.9. The Bertz CT molecular complexity index is 600. The molecule has 116 valence electrons. The molecular formula is C16H18N2O4. The lowest BCUT2D eigenvalue weighted by molar-refractivity contribution is -0.151. The minimum atomic E-state index is -0.951. The number of aromatic hydroxyl groups is 2. The zero-order valence-electron chi connectivity index (χ0n) is 11.9. The maximum Gasteiger partial charge on any atom is 0.336 e. The van der Waals surface area contributed by atoms with Crippen molar-refractivity contribution in [2.75, 3.05) is 13.1 Å². The van der Waals surface area contributed by atoms with Gasteiger partial charge in [0.15, 0.2) is 0 Å². The average molecular weight is 302 g/mol. The molecule has 0 atom stereocenters. The first-order valence-corrected chi connectivity index (χ1v) is 6.84. The van der Waals surface area contributed by atoms with Gasteiger partial charge in [0.2, 0.25) is 0 Å². The SMILES string of the molecule is NCCNOC(=O)C(c1ccccc1O)c1ccccc1O. The van der Waals surface area contributed by atoms with E-state index in [4.69, 9.17) is 10.6 Å². The molecule has 0 radical (unpaired) electrons. The van der Waals surface area contributed by atoms with Crippen LogP contribution >= 0.6 is 0 Å². The lowest BCUT2D eigenvalue weighted by Crippen LogP contribution is -2.29. The maximum atomic E-state index is 12.4. The Balaban J connectivity index is 2.39. The van der Waals surface area contributed by atoms with Crippen LogP contribution in [0.3, 0.4) is 0 Å². The number of carbonyl (C=O) groups is 1. The monoisotopic (exact) mass is 302 g/mol. The van der Waals surface area contributed by atoms with Crippen LogP contribution in [0, 0.1) is 0 Å². The molecule has 0 saturated heterocycles. The second-order valence-electron chi connectivity index (χ2n) is 4.65. The van der Waals surface area contributed by atoms with E-state index < -0.39 is 11.9 Å². The molecule has 0 fully saturated rings. The highest BCUT2D eigenvalue weighted by molar-refractivity contribution is 5.84. The van der Waals surface area contributed by atoms with Gasteiger partial charge in [-0.15, -0.1) is 0 Å². The normalized spacial score (nSPS) is 10.6. The molecule has 0 amide bonds. The first kappa shape index (κ1) is 15.8. The van der Waals surface area contributed by atoms with Gasteiger partial charge in [0.25, 0.3) is 0 Å². The van der Waals surface area contributed by atoms with Gasteiger partial charge in [0.05, 0.1) is 0 Å². The van der Waals surface area contributed by atoms with E-state index in [1.165, 1.54) is 12.1 Å². The quantitative estimate of drug-likeness (QED) is 0.472. The summed E-state index contributed by atoms with van der Waals surface area (Å²) in [4.78, 5) is 17.3. The van der Waals surface area contributed by atoms with Crippen molar-refractivity contribution in [1.29, 1.82) is 0 Å². The Morgan fingerprint density at radius 3 is 2.00 bits per heavy atom. The molecule has 2 aromatic rings. The fourth-order valence-corrected chi connectivity index (χ4v) is 2.12. The highest BCUT2D eigenvalue weighted by atomic mass is 16.7. The van der Waals surface area contributed by atoms with E-state index in [1.54, 1.807) is 36.4 Å². The second kappa shape index (κ2) is 7.44. The molecule has 0 aliphatic heterocycles. The molecule has 0 saturated carbocycles. The lowest BCUT2D eigenvalue weighted by atomic mass is 9.90. The molecule has 0 heterocycles. The number of hydrogen-bond acceptors (Lipinski definition) is 6. The first-order valence-electron chi connectivity index (χ1n) is 6.84. The van der Waals surface area contributed by atoms with Crippen molar-refractivity contribution < 1.29 is 19.8 Å². The van der Waals surface area contributed by atoms with Crippen LogP contribution in [0.2, 0.25) is 0 Å². The minimum Gasteiger partial charge on any atom is -0.508 e. The van der Waals surface area contributed by atoms with Gasteiger partial charge >= 0.3 is 5.97 Å². The molecule has 2 rings (SSSR count). The number of phenols is 2. The summed E-state index contributed by atoms with van der Waals surface area (Å²) in [5.41, 5.74) is 8.48. The summed E-state index contributed by atoms with van der Waals surface area (Å²) in [7, 11) is 0. The Hall–Kier alpha value is -2.57. The standard InChI is InChI=1S/C16H18N2O4/c17-9-10-18-22-16(21)15(11-5-1-3-7-13(11)19)12-6-2-4-8-14(12)20/h1-8,15,18-20H,9-10,17H2. The van der Waals surface area contributed by atoms with Gasteiger partial charge in [-0.2, -0.15) is 5.48 Å². The summed E-state index contributed by atoms with van der Waals surface area (Å²) in [5.74, 6) is -1.69. The third kappa shape index (κ3) is 3.55.